The fourth-order valence-corrected chi connectivity index (χ4v) is 4.23. The number of fused-ring (bicyclic) bond motifs is 2. The molecule has 170 valence electrons. The van der Waals surface area contributed by atoms with Gasteiger partial charge in [-0.3, -0.25) is 9.59 Å². The van der Waals surface area contributed by atoms with Crippen LogP contribution in [0.15, 0.2) is 18.2 Å². The number of ketones is 2. The summed E-state index contributed by atoms with van der Waals surface area (Å²) in [5, 5.41) is 82.3. The van der Waals surface area contributed by atoms with E-state index in [2.05, 4.69) is 0 Å². The number of carbonyl (C=O) groups is 2. The van der Waals surface area contributed by atoms with E-state index in [1.807, 2.05) is 0 Å². The molecule has 1 aliphatic heterocycles. The van der Waals surface area contributed by atoms with Crippen molar-refractivity contribution in [2.75, 3.05) is 6.61 Å². The standard InChI is InChI=1S/C21H20O11/c1-6-2-7-12(9(23)3-6)17(27)13-8(15(7)25)4-10(24)14(18(13)28)21(31)20(30)19(29)16(26)11(5-22)32-21/h2-4,11,16,19-20,22-24,26,28-31H,5H2,1H3/t11-,16-,19+,20-,21?/m1/s1. The van der Waals surface area contributed by atoms with Gasteiger partial charge in [0, 0.05) is 11.1 Å². The van der Waals surface area contributed by atoms with Gasteiger partial charge in [-0.2, -0.15) is 0 Å². The predicted octanol–water partition coefficient (Wildman–Crippen LogP) is -1.49. The molecule has 1 aliphatic carbocycles. The number of aryl methyl sites for hydroxylation is 1. The number of carbonyl (C=O) groups excluding carboxylic acids is 2. The number of aliphatic hydroxyl groups excluding tert-OH is 4. The van der Waals surface area contributed by atoms with Gasteiger partial charge >= 0.3 is 0 Å². The van der Waals surface area contributed by atoms with E-state index in [4.69, 9.17) is 4.74 Å². The van der Waals surface area contributed by atoms with Gasteiger partial charge in [0.25, 0.3) is 0 Å². The number of phenolic OH excluding ortho intramolecular Hbond substituents is 3. The monoisotopic (exact) mass is 448 g/mol. The molecular weight excluding hydrogens is 428 g/mol. The molecule has 1 unspecified atom stereocenters. The highest BCUT2D eigenvalue weighted by molar-refractivity contribution is 6.30. The molecule has 0 amide bonds. The van der Waals surface area contributed by atoms with Crippen LogP contribution in [-0.2, 0) is 10.5 Å². The number of phenols is 3. The molecule has 2 aliphatic rings. The molecule has 1 fully saturated rings. The van der Waals surface area contributed by atoms with Crippen LogP contribution in [0.1, 0.15) is 43.0 Å². The zero-order valence-corrected chi connectivity index (χ0v) is 16.6. The summed E-state index contributed by atoms with van der Waals surface area (Å²) in [5.41, 5.74) is -2.16. The zero-order valence-electron chi connectivity index (χ0n) is 16.6. The Hall–Kier alpha value is -3.06. The lowest BCUT2D eigenvalue weighted by atomic mass is 9.79. The second-order valence-corrected chi connectivity index (χ2v) is 7.87. The van der Waals surface area contributed by atoms with Gasteiger partial charge in [-0.25, -0.2) is 0 Å². The molecule has 1 heterocycles. The van der Waals surface area contributed by atoms with Gasteiger partial charge in [0.05, 0.1) is 23.3 Å². The summed E-state index contributed by atoms with van der Waals surface area (Å²) in [6, 6.07) is 3.36. The lowest BCUT2D eigenvalue weighted by Crippen LogP contribution is -2.63. The summed E-state index contributed by atoms with van der Waals surface area (Å²) >= 11 is 0. The van der Waals surface area contributed by atoms with Crippen molar-refractivity contribution in [1.29, 1.82) is 0 Å². The lowest BCUT2D eigenvalue weighted by molar-refractivity contribution is -0.358. The number of aliphatic hydroxyl groups is 5. The Kier molecular flexibility index (Phi) is 5.01. The molecule has 8 N–H and O–H groups in total. The fourth-order valence-electron chi connectivity index (χ4n) is 4.23. The van der Waals surface area contributed by atoms with Gasteiger partial charge in [0.1, 0.15) is 41.7 Å². The first-order valence-electron chi connectivity index (χ1n) is 9.51. The normalized spacial score (nSPS) is 29.6. The average molecular weight is 448 g/mol. The number of rotatable bonds is 2. The van der Waals surface area contributed by atoms with E-state index in [0.29, 0.717) is 5.56 Å². The molecule has 0 bridgehead atoms. The quantitative estimate of drug-likeness (QED) is 0.227. The Morgan fingerprint density at radius 2 is 1.53 bits per heavy atom. The van der Waals surface area contributed by atoms with Crippen molar-refractivity contribution in [2.24, 2.45) is 0 Å². The SMILES string of the molecule is Cc1cc(O)c2c(c1)C(=O)c1cc(O)c(C3(O)O[C@H](CO)[C@@H](O)[C@H](O)[C@H]3O)c(O)c1C2=O. The van der Waals surface area contributed by atoms with Crippen molar-refractivity contribution in [3.05, 3.63) is 51.6 Å². The van der Waals surface area contributed by atoms with E-state index < -0.39 is 87.9 Å². The summed E-state index contributed by atoms with van der Waals surface area (Å²) in [7, 11) is 0. The smallest absolute Gasteiger partial charge is 0.229 e. The van der Waals surface area contributed by atoms with Crippen LogP contribution >= 0.6 is 0 Å². The number of ether oxygens (including phenoxy) is 1. The number of benzene rings is 2. The van der Waals surface area contributed by atoms with Gasteiger partial charge < -0.3 is 45.6 Å². The summed E-state index contributed by atoms with van der Waals surface area (Å²) in [6.45, 7) is 0.664. The minimum Gasteiger partial charge on any atom is -0.507 e. The molecule has 2 aromatic rings. The van der Waals surface area contributed by atoms with E-state index >= 15 is 0 Å². The zero-order chi connectivity index (χ0) is 23.7. The largest absolute Gasteiger partial charge is 0.507 e. The first-order valence-corrected chi connectivity index (χ1v) is 9.51. The first kappa shape index (κ1) is 22.1. The summed E-state index contributed by atoms with van der Waals surface area (Å²) in [4.78, 5) is 26.1. The molecule has 11 nitrogen and oxygen atoms in total. The van der Waals surface area contributed by atoms with Gasteiger partial charge in [0.15, 0.2) is 5.78 Å². The highest BCUT2D eigenvalue weighted by Gasteiger charge is 2.56. The molecule has 5 atom stereocenters. The second kappa shape index (κ2) is 7.24. The minimum absolute atomic E-state index is 0.155. The highest BCUT2D eigenvalue weighted by Crippen LogP contribution is 2.49. The summed E-state index contributed by atoms with van der Waals surface area (Å²) in [5.74, 6) is -7.53. The van der Waals surface area contributed by atoms with Crippen molar-refractivity contribution in [3.8, 4) is 17.2 Å². The second-order valence-electron chi connectivity index (χ2n) is 7.87. The third kappa shape index (κ3) is 2.84. The Morgan fingerprint density at radius 3 is 2.16 bits per heavy atom. The van der Waals surface area contributed by atoms with Crippen molar-refractivity contribution in [3.63, 3.8) is 0 Å². The maximum absolute atomic E-state index is 13.1. The Bertz CT molecular complexity index is 1160. The molecule has 0 radical (unpaired) electrons. The van der Waals surface area contributed by atoms with Crippen LogP contribution < -0.4 is 0 Å². The van der Waals surface area contributed by atoms with E-state index in [9.17, 15) is 50.4 Å². The lowest BCUT2D eigenvalue weighted by Gasteiger charge is -2.45. The Balaban J connectivity index is 1.96. The molecule has 2 aromatic carbocycles. The molecule has 0 aromatic heterocycles. The van der Waals surface area contributed by atoms with Crippen LogP contribution in [0.2, 0.25) is 0 Å². The van der Waals surface area contributed by atoms with Crippen LogP contribution in [0.25, 0.3) is 0 Å². The number of hydrogen-bond acceptors (Lipinski definition) is 11. The van der Waals surface area contributed by atoms with Crippen LogP contribution in [0, 0.1) is 6.92 Å². The van der Waals surface area contributed by atoms with Gasteiger partial charge in [0.2, 0.25) is 11.6 Å². The first-order chi connectivity index (χ1) is 14.9. The third-order valence-electron chi connectivity index (χ3n) is 5.81. The summed E-state index contributed by atoms with van der Waals surface area (Å²) in [6.07, 6.45) is -7.88. The van der Waals surface area contributed by atoms with E-state index in [1.54, 1.807) is 6.92 Å². The van der Waals surface area contributed by atoms with E-state index in [1.165, 1.54) is 12.1 Å². The molecule has 0 spiro atoms. The fraction of sp³-hybridized carbons (Fsp3) is 0.333. The molecule has 1 saturated heterocycles. The van der Waals surface area contributed by atoms with Crippen molar-refractivity contribution in [1.82, 2.24) is 0 Å². The van der Waals surface area contributed by atoms with Crippen molar-refractivity contribution >= 4 is 11.6 Å². The Labute approximate surface area is 180 Å². The van der Waals surface area contributed by atoms with Crippen molar-refractivity contribution in [2.45, 2.75) is 37.1 Å². The Morgan fingerprint density at radius 1 is 0.906 bits per heavy atom. The molecular formula is C21H20O11. The van der Waals surface area contributed by atoms with E-state index in [-0.39, 0.29) is 5.56 Å². The highest BCUT2D eigenvalue weighted by atomic mass is 16.7. The maximum atomic E-state index is 13.1. The predicted molar refractivity (Wildman–Crippen MR) is 103 cm³/mol. The van der Waals surface area contributed by atoms with Gasteiger partial charge in [-0.15, -0.1) is 0 Å². The van der Waals surface area contributed by atoms with E-state index in [0.717, 1.165) is 6.07 Å². The molecule has 4 rings (SSSR count). The van der Waals surface area contributed by atoms with Gasteiger partial charge in [-0.05, 0) is 30.7 Å². The molecule has 0 saturated carbocycles. The molecule has 11 heteroatoms. The van der Waals surface area contributed by atoms with Gasteiger partial charge in [-0.1, -0.05) is 0 Å². The average Bonchev–Trinajstić information content (AvgIpc) is 2.72. The maximum Gasteiger partial charge on any atom is 0.229 e. The molecule has 32 heavy (non-hydrogen) atoms. The van der Waals surface area contributed by atoms with Crippen LogP contribution in [0.5, 0.6) is 17.2 Å². The topological polar surface area (TPSA) is 205 Å². The third-order valence-corrected chi connectivity index (χ3v) is 5.81. The number of aromatic hydroxyl groups is 3. The van der Waals surface area contributed by atoms with Crippen molar-refractivity contribution < 1.29 is 55.2 Å². The van der Waals surface area contributed by atoms with Crippen LogP contribution in [0.4, 0.5) is 0 Å². The van der Waals surface area contributed by atoms with Crippen LogP contribution in [0.3, 0.4) is 0 Å². The number of hydrogen-bond donors (Lipinski definition) is 8. The summed E-state index contributed by atoms with van der Waals surface area (Å²) < 4.78 is 5.11. The van der Waals surface area contributed by atoms with Crippen LogP contribution in [-0.4, -0.2) is 83.4 Å². The minimum atomic E-state index is -3.09.